The summed E-state index contributed by atoms with van der Waals surface area (Å²) in [5.74, 6) is 0.671. The van der Waals surface area contributed by atoms with Crippen molar-refractivity contribution in [1.29, 1.82) is 0 Å². The van der Waals surface area contributed by atoms with Crippen molar-refractivity contribution in [2.75, 3.05) is 11.8 Å². The fourth-order valence-corrected chi connectivity index (χ4v) is 3.53. The van der Waals surface area contributed by atoms with Crippen LogP contribution in [0.1, 0.15) is 5.56 Å². The molecule has 0 aliphatic carbocycles. The van der Waals surface area contributed by atoms with Gasteiger partial charge < -0.3 is 4.74 Å². The van der Waals surface area contributed by atoms with Crippen molar-refractivity contribution in [1.82, 2.24) is 0 Å². The van der Waals surface area contributed by atoms with Crippen LogP contribution in [0.25, 0.3) is 0 Å². The van der Waals surface area contributed by atoms with E-state index in [9.17, 15) is 8.42 Å². The van der Waals surface area contributed by atoms with Crippen LogP contribution >= 0.6 is 27.5 Å². The van der Waals surface area contributed by atoms with Crippen LogP contribution in [0.5, 0.6) is 5.75 Å². The van der Waals surface area contributed by atoms with Gasteiger partial charge in [0, 0.05) is 4.47 Å². The van der Waals surface area contributed by atoms with Gasteiger partial charge in [0.05, 0.1) is 22.7 Å². The molecule has 0 spiro atoms. The van der Waals surface area contributed by atoms with E-state index in [4.69, 9.17) is 16.3 Å². The molecule has 7 heteroatoms. The molecule has 0 atom stereocenters. The van der Waals surface area contributed by atoms with Crippen LogP contribution in [0.2, 0.25) is 5.02 Å². The maximum absolute atomic E-state index is 12.4. The lowest BCUT2D eigenvalue weighted by molar-refractivity contribution is 0.414. The van der Waals surface area contributed by atoms with Gasteiger partial charge in [-0.2, -0.15) is 0 Å². The Morgan fingerprint density at radius 2 is 1.90 bits per heavy atom. The number of anilines is 1. The molecule has 0 aliphatic rings. The lowest BCUT2D eigenvalue weighted by Crippen LogP contribution is -2.13. The Hall–Kier alpha value is -1.24. The summed E-state index contributed by atoms with van der Waals surface area (Å²) in [6, 6.07) is 9.56. The van der Waals surface area contributed by atoms with Crippen molar-refractivity contribution in [3.63, 3.8) is 0 Å². The van der Waals surface area contributed by atoms with Gasteiger partial charge in [-0.15, -0.1) is 0 Å². The summed E-state index contributed by atoms with van der Waals surface area (Å²) in [5, 5.41) is 0.453. The van der Waals surface area contributed by atoms with Gasteiger partial charge in [0.25, 0.3) is 10.0 Å². The first kappa shape index (κ1) is 16.1. The van der Waals surface area contributed by atoms with Gasteiger partial charge in [-0.25, -0.2) is 8.42 Å². The van der Waals surface area contributed by atoms with Crippen LogP contribution in [-0.2, 0) is 10.0 Å². The van der Waals surface area contributed by atoms with Crippen LogP contribution in [0.3, 0.4) is 0 Å². The maximum atomic E-state index is 12.4. The summed E-state index contributed by atoms with van der Waals surface area (Å²) >= 11 is 9.09. The highest BCUT2D eigenvalue weighted by molar-refractivity contribution is 9.10. The summed E-state index contributed by atoms with van der Waals surface area (Å²) in [4.78, 5) is 0.133. The lowest BCUT2D eigenvalue weighted by Gasteiger charge is -2.12. The Morgan fingerprint density at radius 3 is 2.48 bits per heavy atom. The molecular weight excluding hydrogens is 378 g/mol. The second kappa shape index (κ2) is 6.25. The Morgan fingerprint density at radius 1 is 1.19 bits per heavy atom. The van der Waals surface area contributed by atoms with E-state index in [-0.39, 0.29) is 4.90 Å². The molecule has 21 heavy (non-hydrogen) atoms. The van der Waals surface area contributed by atoms with Crippen LogP contribution in [0, 0.1) is 6.92 Å². The number of aryl methyl sites for hydroxylation is 1. The summed E-state index contributed by atoms with van der Waals surface area (Å²) in [6.45, 7) is 1.80. The van der Waals surface area contributed by atoms with Crippen molar-refractivity contribution in [2.45, 2.75) is 11.8 Å². The largest absolute Gasteiger partial charge is 0.497 e. The normalized spacial score (nSPS) is 11.2. The standard InChI is InChI=1S/C14H13BrClNO3S/c1-9-7-10(20-2)3-6-14(9)17-21(18,19)11-4-5-13(16)12(15)8-11/h3-8,17H,1-2H3. The van der Waals surface area contributed by atoms with E-state index in [2.05, 4.69) is 20.7 Å². The van der Waals surface area contributed by atoms with Crippen molar-refractivity contribution < 1.29 is 13.2 Å². The Balaban J connectivity index is 2.35. The zero-order valence-corrected chi connectivity index (χ0v) is 14.5. The van der Waals surface area contributed by atoms with Gasteiger partial charge in [0.15, 0.2) is 0 Å². The SMILES string of the molecule is COc1ccc(NS(=O)(=O)c2ccc(Cl)c(Br)c2)c(C)c1. The third-order valence-electron chi connectivity index (χ3n) is 2.88. The fraction of sp³-hybridized carbons (Fsp3) is 0.143. The van der Waals surface area contributed by atoms with E-state index in [1.807, 2.05) is 0 Å². The number of hydrogen-bond donors (Lipinski definition) is 1. The number of rotatable bonds is 4. The Labute approximate surface area is 137 Å². The van der Waals surface area contributed by atoms with Crippen molar-refractivity contribution in [2.24, 2.45) is 0 Å². The predicted octanol–water partition coefficient (Wildman–Crippen LogP) is 4.22. The zero-order valence-electron chi connectivity index (χ0n) is 11.4. The molecule has 0 amide bonds. The smallest absolute Gasteiger partial charge is 0.261 e. The number of ether oxygens (including phenoxy) is 1. The highest BCUT2D eigenvalue weighted by Crippen LogP contribution is 2.28. The van der Waals surface area contributed by atoms with Gasteiger partial charge in [-0.05, 0) is 64.8 Å². The van der Waals surface area contributed by atoms with Crippen molar-refractivity contribution in [3.05, 3.63) is 51.5 Å². The quantitative estimate of drug-likeness (QED) is 0.850. The molecule has 0 saturated heterocycles. The van der Waals surface area contributed by atoms with E-state index in [0.29, 0.717) is 20.9 Å². The molecule has 0 saturated carbocycles. The zero-order chi connectivity index (χ0) is 15.6. The van der Waals surface area contributed by atoms with Gasteiger partial charge >= 0.3 is 0 Å². The van der Waals surface area contributed by atoms with E-state index >= 15 is 0 Å². The van der Waals surface area contributed by atoms with Crippen LogP contribution in [0.4, 0.5) is 5.69 Å². The average molecular weight is 391 g/mol. The van der Waals surface area contributed by atoms with Crippen LogP contribution < -0.4 is 9.46 Å². The minimum absolute atomic E-state index is 0.133. The number of sulfonamides is 1. The molecule has 0 fully saturated rings. The molecule has 0 radical (unpaired) electrons. The number of nitrogens with one attached hydrogen (secondary N) is 1. The van der Waals surface area contributed by atoms with Gasteiger partial charge in [-0.3, -0.25) is 4.72 Å². The van der Waals surface area contributed by atoms with Gasteiger partial charge in [0.2, 0.25) is 0 Å². The highest BCUT2D eigenvalue weighted by Gasteiger charge is 2.16. The van der Waals surface area contributed by atoms with Gasteiger partial charge in [-0.1, -0.05) is 11.6 Å². The highest BCUT2D eigenvalue weighted by atomic mass is 79.9. The molecular formula is C14H13BrClNO3S. The topological polar surface area (TPSA) is 55.4 Å². The molecule has 4 nitrogen and oxygen atoms in total. The number of hydrogen-bond acceptors (Lipinski definition) is 3. The summed E-state index contributed by atoms with van der Waals surface area (Å²) in [5.41, 5.74) is 1.27. The van der Waals surface area contributed by atoms with Crippen molar-refractivity contribution >= 4 is 43.2 Å². The monoisotopic (exact) mass is 389 g/mol. The maximum Gasteiger partial charge on any atom is 0.261 e. The van der Waals surface area contributed by atoms with Crippen molar-refractivity contribution in [3.8, 4) is 5.75 Å². The molecule has 0 bridgehead atoms. The van der Waals surface area contributed by atoms with E-state index < -0.39 is 10.0 Å². The minimum Gasteiger partial charge on any atom is -0.497 e. The first-order chi connectivity index (χ1) is 9.83. The molecule has 0 heterocycles. The third kappa shape index (κ3) is 3.70. The third-order valence-corrected chi connectivity index (χ3v) is 5.46. The van der Waals surface area contributed by atoms with E-state index in [1.165, 1.54) is 18.2 Å². The molecule has 0 unspecified atom stereocenters. The molecule has 0 aromatic heterocycles. The first-order valence-corrected chi connectivity index (χ1v) is 8.61. The number of methoxy groups -OCH3 is 1. The fourth-order valence-electron chi connectivity index (χ4n) is 1.73. The van der Waals surface area contributed by atoms with Crippen LogP contribution in [-0.4, -0.2) is 15.5 Å². The molecule has 112 valence electrons. The molecule has 0 aliphatic heterocycles. The van der Waals surface area contributed by atoms with Crippen LogP contribution in [0.15, 0.2) is 45.8 Å². The molecule has 2 aromatic carbocycles. The Kier molecular flexibility index (Phi) is 4.81. The molecule has 2 rings (SSSR count). The molecule has 2 aromatic rings. The van der Waals surface area contributed by atoms with Gasteiger partial charge in [0.1, 0.15) is 5.75 Å². The van der Waals surface area contributed by atoms with E-state index in [1.54, 1.807) is 32.2 Å². The average Bonchev–Trinajstić information content (AvgIpc) is 2.43. The minimum atomic E-state index is -3.67. The summed E-state index contributed by atoms with van der Waals surface area (Å²) in [7, 11) is -2.11. The Bertz CT molecular complexity index is 778. The summed E-state index contributed by atoms with van der Waals surface area (Å²) in [6.07, 6.45) is 0. The molecule has 1 N–H and O–H groups in total. The first-order valence-electron chi connectivity index (χ1n) is 5.96. The second-order valence-corrected chi connectivity index (χ2v) is 7.31. The van der Waals surface area contributed by atoms with E-state index in [0.717, 1.165) is 5.56 Å². The lowest BCUT2D eigenvalue weighted by atomic mass is 10.2. The number of benzene rings is 2. The summed E-state index contributed by atoms with van der Waals surface area (Å²) < 4.78 is 32.9. The predicted molar refractivity (Wildman–Crippen MR) is 87.7 cm³/mol. The number of halogens is 2. The second-order valence-electron chi connectivity index (χ2n) is 4.36.